The second-order valence-electron chi connectivity index (χ2n) is 7.28. The first-order valence-corrected chi connectivity index (χ1v) is 8.98. The van der Waals surface area contributed by atoms with Gasteiger partial charge < -0.3 is 5.32 Å². The lowest BCUT2D eigenvalue weighted by Crippen LogP contribution is -2.36. The molecule has 1 spiro atoms. The Hall–Kier alpha value is -1.41. The van der Waals surface area contributed by atoms with Gasteiger partial charge in [0.05, 0.1) is 10.5 Å². The van der Waals surface area contributed by atoms with Gasteiger partial charge in [-0.05, 0) is 59.3 Å². The van der Waals surface area contributed by atoms with Crippen LogP contribution in [0.5, 0.6) is 0 Å². The fourth-order valence-electron chi connectivity index (χ4n) is 4.41. The molecule has 4 rings (SSSR count). The molecule has 1 unspecified atom stereocenters. The van der Waals surface area contributed by atoms with Gasteiger partial charge in [-0.3, -0.25) is 4.79 Å². The van der Waals surface area contributed by atoms with Crippen LogP contribution >= 0.6 is 15.9 Å². The highest BCUT2D eigenvalue weighted by atomic mass is 79.9. The number of nitrogens with zero attached hydrogens (tertiary/aromatic N) is 1. The Morgan fingerprint density at radius 3 is 2.78 bits per heavy atom. The summed E-state index contributed by atoms with van der Waals surface area (Å²) < 4.78 is 14.1. The summed E-state index contributed by atoms with van der Waals surface area (Å²) in [5.74, 6) is -0.220. The minimum absolute atomic E-state index is 0.0346. The fourth-order valence-corrected chi connectivity index (χ4v) is 4.65. The highest BCUT2D eigenvalue weighted by Gasteiger charge is 2.73. The summed E-state index contributed by atoms with van der Waals surface area (Å²) in [7, 11) is 0. The van der Waals surface area contributed by atoms with Crippen molar-refractivity contribution in [3.63, 3.8) is 0 Å². The van der Waals surface area contributed by atoms with E-state index in [1.165, 1.54) is 6.07 Å². The van der Waals surface area contributed by atoms with Gasteiger partial charge in [0.25, 0.3) is 0 Å². The zero-order chi connectivity index (χ0) is 16.2. The summed E-state index contributed by atoms with van der Waals surface area (Å²) in [6.07, 6.45) is 5.79. The van der Waals surface area contributed by atoms with Crippen molar-refractivity contribution in [3.05, 3.63) is 34.1 Å². The number of nitriles is 1. The predicted molar refractivity (Wildman–Crippen MR) is 87.0 cm³/mol. The molecule has 1 aromatic rings. The Kier molecular flexibility index (Phi) is 3.32. The molecule has 3 nitrogen and oxygen atoms in total. The van der Waals surface area contributed by atoms with Crippen molar-refractivity contribution < 1.29 is 9.18 Å². The maximum Gasteiger partial charge on any atom is 0.241 e. The molecular formula is C18H18BrFN2O. The minimum atomic E-state index is -0.804. The third-order valence-corrected chi connectivity index (χ3v) is 6.64. The fraction of sp³-hybridized carbons (Fsp3) is 0.556. The molecule has 5 heteroatoms. The largest absolute Gasteiger partial charge is 0.351 e. The molecule has 3 aliphatic carbocycles. The van der Waals surface area contributed by atoms with Gasteiger partial charge in [-0.15, -0.1) is 0 Å². The first-order chi connectivity index (χ1) is 11.0. The topological polar surface area (TPSA) is 52.9 Å². The van der Waals surface area contributed by atoms with Crippen LogP contribution in [0.2, 0.25) is 0 Å². The Morgan fingerprint density at radius 1 is 1.39 bits per heavy atom. The normalized spacial score (nSPS) is 33.3. The average molecular weight is 377 g/mol. The van der Waals surface area contributed by atoms with Crippen molar-refractivity contribution in [3.8, 4) is 6.07 Å². The molecule has 1 N–H and O–H groups in total. The first kappa shape index (κ1) is 15.1. The van der Waals surface area contributed by atoms with E-state index in [1.54, 1.807) is 6.07 Å². The van der Waals surface area contributed by atoms with Crippen LogP contribution in [0, 0.1) is 28.0 Å². The molecule has 0 radical (unpaired) electrons. The Labute approximate surface area is 143 Å². The SMILES string of the molecule is N#CC1(C(=O)N[C@@H]2C[C@H]2c2ccc(Br)c(F)c2)CC12CCCC2. The van der Waals surface area contributed by atoms with Crippen molar-refractivity contribution in [2.24, 2.45) is 10.8 Å². The van der Waals surface area contributed by atoms with E-state index in [4.69, 9.17) is 0 Å². The van der Waals surface area contributed by atoms with E-state index in [0.717, 1.165) is 37.7 Å². The van der Waals surface area contributed by atoms with Gasteiger partial charge in [0.2, 0.25) is 5.91 Å². The van der Waals surface area contributed by atoms with Crippen LogP contribution in [0.1, 0.15) is 50.0 Å². The van der Waals surface area contributed by atoms with Crippen molar-refractivity contribution in [1.82, 2.24) is 5.32 Å². The molecule has 3 atom stereocenters. The lowest BCUT2D eigenvalue weighted by atomic mass is 9.91. The van der Waals surface area contributed by atoms with Gasteiger partial charge in [0.15, 0.2) is 0 Å². The van der Waals surface area contributed by atoms with Gasteiger partial charge in [-0.25, -0.2) is 4.39 Å². The van der Waals surface area contributed by atoms with E-state index >= 15 is 0 Å². The van der Waals surface area contributed by atoms with Crippen LogP contribution in [-0.2, 0) is 4.79 Å². The number of hydrogen-bond acceptors (Lipinski definition) is 2. The number of halogens is 2. The van der Waals surface area contributed by atoms with Crippen molar-refractivity contribution in [2.45, 2.75) is 50.5 Å². The van der Waals surface area contributed by atoms with E-state index in [9.17, 15) is 14.4 Å². The minimum Gasteiger partial charge on any atom is -0.351 e. The highest BCUT2D eigenvalue weighted by Crippen LogP contribution is 2.71. The first-order valence-electron chi connectivity index (χ1n) is 8.19. The molecule has 0 aliphatic heterocycles. The van der Waals surface area contributed by atoms with Crippen LogP contribution in [0.3, 0.4) is 0 Å². The molecule has 120 valence electrons. The summed E-state index contributed by atoms with van der Waals surface area (Å²) in [5, 5.41) is 12.6. The van der Waals surface area contributed by atoms with E-state index in [-0.39, 0.29) is 29.1 Å². The van der Waals surface area contributed by atoms with Gasteiger partial charge in [0.1, 0.15) is 11.2 Å². The third-order valence-electron chi connectivity index (χ3n) is 6.00. The monoisotopic (exact) mass is 376 g/mol. The summed E-state index contributed by atoms with van der Waals surface area (Å²) in [6, 6.07) is 7.46. The quantitative estimate of drug-likeness (QED) is 0.865. The lowest BCUT2D eigenvalue weighted by molar-refractivity contribution is -0.125. The standard InChI is InChI=1S/C18H18BrFN2O/c19-13-4-3-11(7-14(13)20)12-8-15(12)22-16(23)18(10-21)9-17(18)5-1-2-6-17/h3-4,7,12,15H,1-2,5-6,8-9H2,(H,22,23)/t12-,15+,18?/m0/s1. The Morgan fingerprint density at radius 2 is 2.13 bits per heavy atom. The number of rotatable bonds is 3. The lowest BCUT2D eigenvalue weighted by Gasteiger charge is -2.15. The number of amides is 1. The van der Waals surface area contributed by atoms with Gasteiger partial charge in [-0.2, -0.15) is 5.26 Å². The number of nitrogens with one attached hydrogen (secondary N) is 1. The molecule has 3 fully saturated rings. The third kappa shape index (κ3) is 2.22. The number of benzene rings is 1. The molecule has 23 heavy (non-hydrogen) atoms. The average Bonchev–Trinajstić information content (AvgIpc) is 3.36. The van der Waals surface area contributed by atoms with E-state index < -0.39 is 5.41 Å². The molecule has 0 aromatic heterocycles. The Balaban J connectivity index is 1.43. The van der Waals surface area contributed by atoms with E-state index in [1.807, 2.05) is 6.07 Å². The maximum atomic E-state index is 13.6. The molecular weight excluding hydrogens is 359 g/mol. The molecule has 1 aromatic carbocycles. The molecule has 3 aliphatic rings. The summed E-state index contributed by atoms with van der Waals surface area (Å²) in [4.78, 5) is 12.7. The second kappa shape index (κ2) is 5.04. The zero-order valence-corrected chi connectivity index (χ0v) is 14.3. The van der Waals surface area contributed by atoms with Crippen LogP contribution in [0.15, 0.2) is 22.7 Å². The van der Waals surface area contributed by atoms with Crippen LogP contribution < -0.4 is 5.32 Å². The van der Waals surface area contributed by atoms with Crippen LogP contribution in [0.25, 0.3) is 0 Å². The van der Waals surface area contributed by atoms with Gasteiger partial charge in [-0.1, -0.05) is 18.9 Å². The van der Waals surface area contributed by atoms with Crippen molar-refractivity contribution in [1.29, 1.82) is 5.26 Å². The zero-order valence-electron chi connectivity index (χ0n) is 12.7. The van der Waals surface area contributed by atoms with Gasteiger partial charge in [0, 0.05) is 17.4 Å². The maximum absolute atomic E-state index is 13.6. The summed E-state index contributed by atoms with van der Waals surface area (Å²) in [6.45, 7) is 0. The number of carbonyl (C=O) groups is 1. The summed E-state index contributed by atoms with van der Waals surface area (Å²) in [5.41, 5.74) is 0.0510. The van der Waals surface area contributed by atoms with Gasteiger partial charge >= 0.3 is 0 Å². The predicted octanol–water partition coefficient (Wildman–Crippen LogP) is 4.03. The second-order valence-corrected chi connectivity index (χ2v) is 8.13. The van der Waals surface area contributed by atoms with Crippen molar-refractivity contribution in [2.75, 3.05) is 0 Å². The van der Waals surface area contributed by atoms with Crippen LogP contribution in [-0.4, -0.2) is 11.9 Å². The molecule has 3 saturated carbocycles. The molecule has 0 bridgehead atoms. The number of carbonyl (C=O) groups excluding carboxylic acids is 1. The Bertz CT molecular complexity index is 722. The van der Waals surface area contributed by atoms with Crippen LogP contribution in [0.4, 0.5) is 4.39 Å². The smallest absolute Gasteiger partial charge is 0.241 e. The molecule has 1 amide bonds. The molecule has 0 saturated heterocycles. The highest BCUT2D eigenvalue weighted by molar-refractivity contribution is 9.10. The van der Waals surface area contributed by atoms with E-state index in [0.29, 0.717) is 10.9 Å². The summed E-state index contributed by atoms with van der Waals surface area (Å²) >= 11 is 3.15. The molecule has 0 heterocycles. The van der Waals surface area contributed by atoms with E-state index in [2.05, 4.69) is 27.3 Å². The van der Waals surface area contributed by atoms with Crippen molar-refractivity contribution >= 4 is 21.8 Å². The number of hydrogen-bond donors (Lipinski definition) is 1.